The highest BCUT2D eigenvalue weighted by molar-refractivity contribution is 7.93. The van der Waals surface area contributed by atoms with Gasteiger partial charge in [-0.2, -0.15) is 0 Å². The molecule has 2 aromatic carbocycles. The fourth-order valence-electron chi connectivity index (χ4n) is 3.53. The third-order valence-electron chi connectivity index (χ3n) is 5.01. The number of aryl methyl sites for hydroxylation is 1. The Labute approximate surface area is 185 Å². The Morgan fingerprint density at radius 2 is 1.87 bits per heavy atom. The second kappa shape index (κ2) is 7.36. The average Bonchev–Trinajstić information content (AvgIpc) is 3.13. The highest BCUT2D eigenvalue weighted by atomic mass is 32.2. The lowest BCUT2D eigenvalue weighted by Crippen LogP contribution is -2.38. The van der Waals surface area contributed by atoms with Crippen LogP contribution in [0.2, 0.25) is 0 Å². The minimum absolute atomic E-state index is 0.128. The number of nitrogens with two attached hydrogens (primary N) is 1. The van der Waals surface area contributed by atoms with Crippen molar-refractivity contribution in [3.05, 3.63) is 53.8 Å². The second-order valence-electron chi connectivity index (χ2n) is 7.00. The molecule has 5 rings (SSSR count). The number of rotatable bonds is 3. The summed E-state index contributed by atoms with van der Waals surface area (Å²) in [6.45, 7) is 2.01. The summed E-state index contributed by atoms with van der Waals surface area (Å²) in [4.78, 5) is 13.1. The van der Waals surface area contributed by atoms with Crippen LogP contribution in [0.15, 0.2) is 58.6 Å². The fraction of sp³-hybridized carbons (Fsp3) is 0.150. The summed E-state index contributed by atoms with van der Waals surface area (Å²) in [7, 11) is -5.14. The first-order valence-electron chi connectivity index (χ1n) is 9.33. The Hall–Kier alpha value is -2.89. The van der Waals surface area contributed by atoms with Gasteiger partial charge in [0.25, 0.3) is 10.0 Å². The van der Waals surface area contributed by atoms with Crippen LogP contribution in [0.5, 0.6) is 0 Å². The second-order valence-corrected chi connectivity index (χ2v) is 11.6. The molecular formula is C20H17N5O3S3. The van der Waals surface area contributed by atoms with Crippen LogP contribution < -0.4 is 10.0 Å². The van der Waals surface area contributed by atoms with E-state index in [1.807, 2.05) is 6.92 Å². The van der Waals surface area contributed by atoms with Gasteiger partial charge in [-0.1, -0.05) is 6.07 Å². The molecule has 0 spiro atoms. The zero-order valence-electron chi connectivity index (χ0n) is 16.3. The third-order valence-corrected chi connectivity index (χ3v) is 9.14. The van der Waals surface area contributed by atoms with E-state index < -0.39 is 20.8 Å². The summed E-state index contributed by atoms with van der Waals surface area (Å²) in [5, 5.41) is 0.874. The van der Waals surface area contributed by atoms with Gasteiger partial charge in [0, 0.05) is 30.3 Å². The Bertz CT molecular complexity index is 1450. The van der Waals surface area contributed by atoms with Gasteiger partial charge in [0.1, 0.15) is 0 Å². The number of nitrogen functional groups attached to an aromatic ring is 1. The number of hydrogen-bond donors (Lipinski definition) is 1. The maximum absolute atomic E-state index is 13.6. The molecule has 4 aromatic rings. The zero-order valence-corrected chi connectivity index (χ0v) is 18.8. The van der Waals surface area contributed by atoms with Crippen molar-refractivity contribution >= 4 is 54.0 Å². The first-order valence-corrected chi connectivity index (χ1v) is 12.9. The molecule has 31 heavy (non-hydrogen) atoms. The molecule has 158 valence electrons. The number of anilines is 2. The van der Waals surface area contributed by atoms with E-state index in [2.05, 4.69) is 15.0 Å². The van der Waals surface area contributed by atoms with E-state index in [4.69, 9.17) is 5.73 Å². The van der Waals surface area contributed by atoms with E-state index >= 15 is 0 Å². The van der Waals surface area contributed by atoms with Gasteiger partial charge < -0.3 is 5.73 Å². The molecule has 2 N–H and O–H groups in total. The van der Waals surface area contributed by atoms with E-state index in [1.165, 1.54) is 15.6 Å². The number of fused-ring (bicyclic) bond motifs is 2. The number of thiazole rings is 1. The van der Waals surface area contributed by atoms with Crippen LogP contribution >= 0.6 is 11.3 Å². The molecule has 0 radical (unpaired) electrons. The van der Waals surface area contributed by atoms with Crippen LogP contribution in [0, 0.1) is 6.92 Å². The number of hydrogen-bond acceptors (Lipinski definition) is 8. The minimum atomic E-state index is -3.86. The number of aromatic nitrogens is 3. The van der Waals surface area contributed by atoms with Gasteiger partial charge >= 0.3 is 0 Å². The number of nitrogens with zero attached hydrogens (tertiary/aromatic N) is 4. The molecule has 11 heteroatoms. The van der Waals surface area contributed by atoms with Gasteiger partial charge in [0.2, 0.25) is 5.95 Å². The maximum atomic E-state index is 13.6. The van der Waals surface area contributed by atoms with Crippen molar-refractivity contribution in [3.8, 4) is 11.1 Å². The topological polar surface area (TPSA) is 119 Å². The van der Waals surface area contributed by atoms with Gasteiger partial charge in [-0.15, -0.1) is 11.3 Å². The Morgan fingerprint density at radius 1 is 1.10 bits per heavy atom. The lowest BCUT2D eigenvalue weighted by atomic mass is 10.1. The summed E-state index contributed by atoms with van der Waals surface area (Å²) >= 11 is 1.45. The highest BCUT2D eigenvalue weighted by Crippen LogP contribution is 2.37. The lowest BCUT2D eigenvalue weighted by molar-refractivity contribution is 0.591. The summed E-state index contributed by atoms with van der Waals surface area (Å²) in [5.41, 5.74) is 8.14. The van der Waals surface area contributed by atoms with E-state index in [-0.39, 0.29) is 23.1 Å². The third kappa shape index (κ3) is 3.48. The molecule has 8 nitrogen and oxygen atoms in total. The molecular weight excluding hydrogens is 454 g/mol. The predicted octanol–water partition coefficient (Wildman–Crippen LogP) is 2.96. The molecule has 0 saturated carbocycles. The van der Waals surface area contributed by atoms with Crippen LogP contribution in [0.25, 0.3) is 21.3 Å². The normalized spacial score (nSPS) is 16.4. The first kappa shape index (κ1) is 20.0. The van der Waals surface area contributed by atoms with Crippen molar-refractivity contribution in [2.75, 3.05) is 22.3 Å². The Balaban J connectivity index is 1.63. The van der Waals surface area contributed by atoms with E-state index in [9.17, 15) is 12.6 Å². The molecule has 1 aliphatic rings. The van der Waals surface area contributed by atoms with Gasteiger partial charge in [-0.3, -0.25) is 8.51 Å². The molecule has 1 unspecified atom stereocenters. The van der Waals surface area contributed by atoms with E-state index in [1.54, 1.807) is 48.8 Å². The summed E-state index contributed by atoms with van der Waals surface area (Å²) in [5.74, 6) is 0.388. The van der Waals surface area contributed by atoms with Gasteiger partial charge in [0.15, 0.2) is 0 Å². The molecule has 0 saturated heterocycles. The lowest BCUT2D eigenvalue weighted by Gasteiger charge is -2.30. The maximum Gasteiger partial charge on any atom is 0.264 e. The smallest absolute Gasteiger partial charge is 0.264 e. The van der Waals surface area contributed by atoms with Crippen LogP contribution in [0.3, 0.4) is 0 Å². The Kier molecular flexibility index (Phi) is 4.76. The molecule has 1 aliphatic heterocycles. The molecule has 0 amide bonds. The van der Waals surface area contributed by atoms with Gasteiger partial charge in [-0.25, -0.2) is 23.4 Å². The summed E-state index contributed by atoms with van der Waals surface area (Å²) in [6.07, 6.45) is 3.14. The molecule has 0 aliphatic carbocycles. The van der Waals surface area contributed by atoms with Gasteiger partial charge in [-0.05, 0) is 42.8 Å². The van der Waals surface area contributed by atoms with E-state index in [0.717, 1.165) is 15.2 Å². The molecule has 3 heterocycles. The van der Waals surface area contributed by atoms with Crippen LogP contribution in [-0.4, -0.2) is 39.9 Å². The average molecular weight is 472 g/mol. The SMILES string of the molecule is Cc1nc2ccc(S(=O)(=O)N3CCS(=O)c4ccc(-c5cnc(N)nc5)cc43)cc2s1. The largest absolute Gasteiger partial charge is 0.368 e. The zero-order chi connectivity index (χ0) is 21.8. The van der Waals surface area contributed by atoms with E-state index in [0.29, 0.717) is 21.7 Å². The molecule has 0 fully saturated rings. The summed E-state index contributed by atoms with van der Waals surface area (Å²) in [6, 6.07) is 10.1. The molecule has 2 aromatic heterocycles. The quantitative estimate of drug-likeness (QED) is 0.488. The van der Waals surface area contributed by atoms with Crippen LogP contribution in [-0.2, 0) is 20.8 Å². The van der Waals surface area contributed by atoms with Crippen molar-refractivity contribution in [2.45, 2.75) is 16.7 Å². The van der Waals surface area contributed by atoms with Crippen molar-refractivity contribution in [2.24, 2.45) is 0 Å². The monoisotopic (exact) mass is 471 g/mol. The molecule has 1 atom stereocenters. The fourth-order valence-corrected chi connectivity index (χ4v) is 7.33. The highest BCUT2D eigenvalue weighted by Gasteiger charge is 2.32. The van der Waals surface area contributed by atoms with Crippen LogP contribution in [0.1, 0.15) is 5.01 Å². The Morgan fingerprint density at radius 3 is 2.65 bits per heavy atom. The number of sulfonamides is 1. The van der Waals surface area contributed by atoms with Gasteiger partial charge in [0.05, 0.1) is 41.5 Å². The van der Waals surface area contributed by atoms with Crippen molar-refractivity contribution in [1.82, 2.24) is 15.0 Å². The van der Waals surface area contributed by atoms with Crippen LogP contribution in [0.4, 0.5) is 11.6 Å². The minimum Gasteiger partial charge on any atom is -0.368 e. The van der Waals surface area contributed by atoms with Crippen molar-refractivity contribution in [1.29, 1.82) is 0 Å². The standard InChI is InChI=1S/C20H17N5O3S3/c1-12-24-16-4-3-15(9-18(16)29-12)31(27,28)25-6-7-30(26)19-5-2-13(8-17(19)25)14-10-22-20(21)23-11-14/h2-5,8-11H,6-7H2,1H3,(H2,21,22,23). The predicted molar refractivity (Wildman–Crippen MR) is 122 cm³/mol. The molecule has 0 bridgehead atoms. The number of benzene rings is 2. The van der Waals surface area contributed by atoms with Crippen molar-refractivity contribution in [3.63, 3.8) is 0 Å². The van der Waals surface area contributed by atoms with Crippen molar-refractivity contribution < 1.29 is 12.6 Å². The summed E-state index contributed by atoms with van der Waals surface area (Å²) < 4.78 is 41.9. The first-order chi connectivity index (χ1) is 14.8.